The van der Waals surface area contributed by atoms with Gasteiger partial charge in [-0.1, -0.05) is 34.1 Å². The standard InChI is InChI=1S/C19H13BrN2O3/c1-11-10-14(23)16(19(24)25-11)18-17(12-5-7-13(20)8-6-12)21-15-4-2-3-9-22(15)18/h2-10,23H,1H3. The molecule has 0 spiro atoms. The quantitative estimate of drug-likeness (QED) is 0.545. The Balaban J connectivity index is 2.11. The Hall–Kier alpha value is -2.86. The fraction of sp³-hybridized carbons (Fsp3) is 0.0526. The first-order chi connectivity index (χ1) is 12.0. The second-order valence-corrected chi connectivity index (χ2v) is 6.57. The van der Waals surface area contributed by atoms with Crippen LogP contribution in [0.25, 0.3) is 28.2 Å². The molecule has 6 heteroatoms. The first kappa shape index (κ1) is 15.7. The van der Waals surface area contributed by atoms with E-state index in [0.717, 1.165) is 10.0 Å². The molecule has 0 unspecified atom stereocenters. The number of benzene rings is 1. The minimum Gasteiger partial charge on any atom is -0.507 e. The van der Waals surface area contributed by atoms with Crippen molar-refractivity contribution in [3.8, 4) is 28.3 Å². The van der Waals surface area contributed by atoms with E-state index < -0.39 is 5.63 Å². The van der Waals surface area contributed by atoms with Gasteiger partial charge in [-0.15, -0.1) is 0 Å². The van der Waals surface area contributed by atoms with Gasteiger partial charge >= 0.3 is 5.63 Å². The highest BCUT2D eigenvalue weighted by Gasteiger charge is 2.22. The van der Waals surface area contributed by atoms with E-state index in [0.29, 0.717) is 22.8 Å². The first-order valence-corrected chi connectivity index (χ1v) is 8.41. The molecule has 1 N–H and O–H groups in total. The van der Waals surface area contributed by atoms with Gasteiger partial charge in [-0.2, -0.15) is 0 Å². The summed E-state index contributed by atoms with van der Waals surface area (Å²) in [6.07, 6.45) is 1.80. The van der Waals surface area contributed by atoms with E-state index in [4.69, 9.17) is 4.42 Å². The van der Waals surface area contributed by atoms with Crippen LogP contribution in [0.1, 0.15) is 5.76 Å². The molecule has 5 nitrogen and oxygen atoms in total. The smallest absolute Gasteiger partial charge is 0.349 e. The molecule has 3 aromatic heterocycles. The van der Waals surface area contributed by atoms with Crippen molar-refractivity contribution >= 4 is 21.6 Å². The molecule has 0 radical (unpaired) electrons. The van der Waals surface area contributed by atoms with E-state index in [1.807, 2.05) is 42.5 Å². The molecule has 0 fully saturated rings. The van der Waals surface area contributed by atoms with Crippen LogP contribution in [0.5, 0.6) is 5.75 Å². The van der Waals surface area contributed by atoms with Crippen molar-refractivity contribution in [2.45, 2.75) is 6.92 Å². The summed E-state index contributed by atoms with van der Waals surface area (Å²) in [5.74, 6) is 0.225. The number of imidazole rings is 1. The second kappa shape index (κ2) is 5.89. The number of aryl methyl sites for hydroxylation is 1. The van der Waals surface area contributed by atoms with Gasteiger partial charge in [0.25, 0.3) is 0 Å². The van der Waals surface area contributed by atoms with E-state index in [1.54, 1.807) is 17.5 Å². The molecule has 4 aromatic rings. The fourth-order valence-electron chi connectivity index (χ4n) is 2.86. The summed E-state index contributed by atoms with van der Waals surface area (Å²) in [5.41, 5.74) is 2.12. The fourth-order valence-corrected chi connectivity index (χ4v) is 3.12. The molecule has 0 atom stereocenters. The predicted molar refractivity (Wildman–Crippen MR) is 98.7 cm³/mol. The minimum absolute atomic E-state index is 0.0993. The third-order valence-corrected chi connectivity index (χ3v) is 4.47. The van der Waals surface area contributed by atoms with E-state index in [1.165, 1.54) is 6.07 Å². The molecule has 0 aliphatic rings. The number of halogens is 1. The highest BCUT2D eigenvalue weighted by molar-refractivity contribution is 9.10. The number of pyridine rings is 1. The molecule has 0 amide bonds. The predicted octanol–water partition coefficient (Wildman–Crippen LogP) is 4.40. The number of hydrogen-bond donors (Lipinski definition) is 1. The van der Waals surface area contributed by atoms with Crippen molar-refractivity contribution in [2.24, 2.45) is 0 Å². The van der Waals surface area contributed by atoms with Crippen LogP contribution in [0.15, 0.2) is 68.4 Å². The average molecular weight is 397 g/mol. The zero-order valence-electron chi connectivity index (χ0n) is 13.2. The number of fused-ring (bicyclic) bond motifs is 1. The Morgan fingerprint density at radius 2 is 1.92 bits per heavy atom. The van der Waals surface area contributed by atoms with E-state index >= 15 is 0 Å². The summed E-state index contributed by atoms with van der Waals surface area (Å²) in [6.45, 7) is 1.62. The molecular formula is C19H13BrN2O3. The van der Waals surface area contributed by atoms with Gasteiger partial charge in [0, 0.05) is 22.3 Å². The SMILES string of the molecule is Cc1cc(O)c(-c2c(-c3ccc(Br)cc3)nc3ccccn23)c(=O)o1. The van der Waals surface area contributed by atoms with Gasteiger partial charge in [0.05, 0.1) is 11.4 Å². The third kappa shape index (κ3) is 2.64. The van der Waals surface area contributed by atoms with Crippen LogP contribution in [0.3, 0.4) is 0 Å². The summed E-state index contributed by atoms with van der Waals surface area (Å²) in [5, 5.41) is 10.4. The van der Waals surface area contributed by atoms with Gasteiger partial charge in [0.1, 0.15) is 22.7 Å². The van der Waals surface area contributed by atoms with E-state index in [9.17, 15) is 9.90 Å². The molecule has 0 saturated carbocycles. The van der Waals surface area contributed by atoms with Gasteiger partial charge in [0.15, 0.2) is 0 Å². The summed E-state index contributed by atoms with van der Waals surface area (Å²) in [7, 11) is 0. The zero-order valence-corrected chi connectivity index (χ0v) is 14.8. The van der Waals surface area contributed by atoms with E-state index in [-0.39, 0.29) is 11.3 Å². The zero-order chi connectivity index (χ0) is 17.6. The van der Waals surface area contributed by atoms with Crippen molar-refractivity contribution in [2.75, 3.05) is 0 Å². The lowest BCUT2D eigenvalue weighted by Crippen LogP contribution is -2.06. The van der Waals surface area contributed by atoms with Crippen LogP contribution >= 0.6 is 15.9 Å². The Bertz CT molecular complexity index is 1140. The number of aromatic nitrogens is 2. The lowest BCUT2D eigenvalue weighted by atomic mass is 10.1. The third-order valence-electron chi connectivity index (χ3n) is 3.94. The van der Waals surface area contributed by atoms with E-state index in [2.05, 4.69) is 20.9 Å². The molecule has 3 heterocycles. The molecule has 0 saturated heterocycles. The highest BCUT2D eigenvalue weighted by Crippen LogP contribution is 2.35. The van der Waals surface area contributed by atoms with Crippen LogP contribution < -0.4 is 5.63 Å². The van der Waals surface area contributed by atoms with Crippen LogP contribution in [0, 0.1) is 6.92 Å². The maximum atomic E-state index is 12.5. The Labute approximate surface area is 151 Å². The summed E-state index contributed by atoms with van der Waals surface area (Å²) >= 11 is 3.42. The summed E-state index contributed by atoms with van der Waals surface area (Å²) in [4.78, 5) is 17.1. The van der Waals surface area contributed by atoms with Gasteiger partial charge in [-0.3, -0.25) is 4.40 Å². The number of hydrogen-bond acceptors (Lipinski definition) is 4. The van der Waals surface area contributed by atoms with Crippen molar-refractivity contribution in [3.63, 3.8) is 0 Å². The van der Waals surface area contributed by atoms with Crippen LogP contribution in [-0.2, 0) is 0 Å². The molecular weight excluding hydrogens is 384 g/mol. The molecule has 124 valence electrons. The maximum Gasteiger partial charge on any atom is 0.349 e. The topological polar surface area (TPSA) is 67.7 Å². The number of nitrogens with zero attached hydrogens (tertiary/aromatic N) is 2. The van der Waals surface area contributed by atoms with Crippen molar-refractivity contribution in [1.82, 2.24) is 9.38 Å². The number of aromatic hydroxyl groups is 1. The van der Waals surface area contributed by atoms with Crippen LogP contribution in [-0.4, -0.2) is 14.5 Å². The lowest BCUT2D eigenvalue weighted by Gasteiger charge is -2.07. The monoisotopic (exact) mass is 396 g/mol. The molecule has 0 aliphatic carbocycles. The maximum absolute atomic E-state index is 12.5. The molecule has 0 bridgehead atoms. The van der Waals surface area contributed by atoms with Crippen molar-refractivity contribution in [1.29, 1.82) is 0 Å². The minimum atomic E-state index is -0.596. The highest BCUT2D eigenvalue weighted by atomic mass is 79.9. The molecule has 0 aliphatic heterocycles. The Morgan fingerprint density at radius 3 is 2.64 bits per heavy atom. The Kier molecular flexibility index (Phi) is 3.69. The van der Waals surface area contributed by atoms with Gasteiger partial charge in [-0.05, 0) is 31.2 Å². The normalized spacial score (nSPS) is 11.1. The molecule has 4 rings (SSSR count). The number of rotatable bonds is 2. The Morgan fingerprint density at radius 1 is 1.16 bits per heavy atom. The second-order valence-electron chi connectivity index (χ2n) is 5.65. The first-order valence-electron chi connectivity index (χ1n) is 7.61. The van der Waals surface area contributed by atoms with Crippen LogP contribution in [0.4, 0.5) is 0 Å². The lowest BCUT2D eigenvalue weighted by molar-refractivity contribution is 0.438. The largest absolute Gasteiger partial charge is 0.507 e. The van der Waals surface area contributed by atoms with Gasteiger partial charge < -0.3 is 9.52 Å². The summed E-state index contributed by atoms with van der Waals surface area (Å²) < 4.78 is 7.93. The summed E-state index contributed by atoms with van der Waals surface area (Å²) in [6, 6.07) is 14.6. The average Bonchev–Trinajstić information content (AvgIpc) is 2.94. The molecule has 1 aromatic carbocycles. The van der Waals surface area contributed by atoms with Crippen LogP contribution in [0.2, 0.25) is 0 Å². The van der Waals surface area contributed by atoms with Crippen molar-refractivity contribution < 1.29 is 9.52 Å². The van der Waals surface area contributed by atoms with Gasteiger partial charge in [-0.25, -0.2) is 9.78 Å². The molecule has 25 heavy (non-hydrogen) atoms. The van der Waals surface area contributed by atoms with Gasteiger partial charge in [0.2, 0.25) is 0 Å². The van der Waals surface area contributed by atoms with Crippen molar-refractivity contribution in [3.05, 3.63) is 75.4 Å².